The van der Waals surface area contributed by atoms with Crippen molar-refractivity contribution < 1.29 is 17.9 Å². The first-order chi connectivity index (χ1) is 13.4. The number of hydrogen-bond donors (Lipinski definition) is 3. The van der Waals surface area contributed by atoms with Crippen LogP contribution in [0.3, 0.4) is 0 Å². The van der Waals surface area contributed by atoms with Crippen molar-refractivity contribution in [1.29, 1.82) is 0 Å². The number of rotatable bonds is 8. The Balaban J connectivity index is 2.49. The Kier molecular flexibility index (Phi) is 9.67. The molecule has 0 aromatic heterocycles. The Bertz CT molecular complexity index is 640. The molecular weight excluding hydrogens is 394 g/mol. The molecule has 1 rings (SSSR count). The average molecular weight is 434 g/mol. The molecule has 9 nitrogen and oxygen atoms in total. The summed E-state index contributed by atoms with van der Waals surface area (Å²) in [4.78, 5) is 18.6. The molecule has 1 amide bonds. The molecular formula is C19H39N5O4S. The SMILES string of the molecule is CCC(CC)(CNC(=NC)NCCN1CCS(=O)(=O)CC1)NC(=O)OC(C)(C)C. The van der Waals surface area contributed by atoms with Crippen molar-refractivity contribution in [3.8, 4) is 0 Å². The van der Waals surface area contributed by atoms with Crippen molar-refractivity contribution >= 4 is 21.9 Å². The number of alkyl carbamates (subject to hydrolysis) is 1. The molecule has 0 spiro atoms. The van der Waals surface area contributed by atoms with Crippen LogP contribution in [-0.2, 0) is 14.6 Å². The number of nitrogens with one attached hydrogen (secondary N) is 3. The maximum Gasteiger partial charge on any atom is 0.408 e. The van der Waals surface area contributed by atoms with Crippen LogP contribution in [-0.4, -0.2) is 87.8 Å². The molecule has 0 bridgehead atoms. The van der Waals surface area contributed by atoms with Crippen LogP contribution in [0.4, 0.5) is 4.79 Å². The number of carbonyl (C=O) groups excluding carboxylic acids is 1. The van der Waals surface area contributed by atoms with Gasteiger partial charge in [0.2, 0.25) is 0 Å². The molecule has 0 aliphatic carbocycles. The van der Waals surface area contributed by atoms with Crippen LogP contribution < -0.4 is 16.0 Å². The number of carbonyl (C=O) groups is 1. The standard InChI is InChI=1S/C19H39N5O4S/c1-7-19(8-2,23-17(25)28-18(3,4)5)15-22-16(20-6)21-9-10-24-11-13-29(26,27)14-12-24/h7-15H2,1-6H3,(H,23,25)(H2,20,21,22). The third kappa shape index (κ3) is 9.66. The summed E-state index contributed by atoms with van der Waals surface area (Å²) in [6.45, 7) is 12.7. The van der Waals surface area contributed by atoms with E-state index in [0.29, 0.717) is 32.1 Å². The molecule has 170 valence electrons. The van der Waals surface area contributed by atoms with Gasteiger partial charge in [0.25, 0.3) is 0 Å². The van der Waals surface area contributed by atoms with Crippen LogP contribution in [0.1, 0.15) is 47.5 Å². The second-order valence-corrected chi connectivity index (χ2v) is 10.8. The molecule has 1 aliphatic rings. The van der Waals surface area contributed by atoms with Crippen LogP contribution in [0.15, 0.2) is 4.99 Å². The molecule has 3 N–H and O–H groups in total. The summed E-state index contributed by atoms with van der Waals surface area (Å²) in [6.07, 6.45) is 1.07. The lowest BCUT2D eigenvalue weighted by molar-refractivity contribution is 0.0448. The first-order valence-corrected chi connectivity index (χ1v) is 12.1. The Hall–Kier alpha value is -1.55. The lowest BCUT2D eigenvalue weighted by atomic mass is 9.93. The van der Waals surface area contributed by atoms with Gasteiger partial charge in [-0.2, -0.15) is 0 Å². The molecule has 0 atom stereocenters. The van der Waals surface area contributed by atoms with Gasteiger partial charge < -0.3 is 20.7 Å². The number of nitrogens with zero attached hydrogens (tertiary/aromatic N) is 2. The fourth-order valence-electron chi connectivity index (χ4n) is 3.02. The second kappa shape index (κ2) is 11.0. The first-order valence-electron chi connectivity index (χ1n) is 10.3. The summed E-state index contributed by atoms with van der Waals surface area (Å²) < 4.78 is 28.4. The highest BCUT2D eigenvalue weighted by atomic mass is 32.2. The largest absolute Gasteiger partial charge is 0.444 e. The van der Waals surface area contributed by atoms with E-state index in [1.807, 2.05) is 34.6 Å². The van der Waals surface area contributed by atoms with Crippen molar-refractivity contribution in [3.63, 3.8) is 0 Å². The molecule has 0 unspecified atom stereocenters. The third-order valence-electron chi connectivity index (χ3n) is 5.10. The molecule has 0 aromatic rings. The fourth-order valence-corrected chi connectivity index (χ4v) is 4.30. The molecule has 1 aliphatic heterocycles. The molecule has 29 heavy (non-hydrogen) atoms. The summed E-state index contributed by atoms with van der Waals surface area (Å²) in [5, 5.41) is 9.55. The van der Waals surface area contributed by atoms with Crippen LogP contribution >= 0.6 is 0 Å². The summed E-state index contributed by atoms with van der Waals surface area (Å²) >= 11 is 0. The minimum Gasteiger partial charge on any atom is -0.444 e. The predicted molar refractivity (Wildman–Crippen MR) is 117 cm³/mol. The molecule has 1 saturated heterocycles. The van der Waals surface area contributed by atoms with Crippen molar-refractivity contribution in [3.05, 3.63) is 0 Å². The zero-order valence-electron chi connectivity index (χ0n) is 18.8. The highest BCUT2D eigenvalue weighted by Crippen LogP contribution is 2.16. The Labute approximate surface area is 176 Å². The number of aliphatic imine (C=N–C) groups is 1. The van der Waals surface area contributed by atoms with E-state index < -0.39 is 27.1 Å². The van der Waals surface area contributed by atoms with E-state index in [4.69, 9.17) is 4.74 Å². The van der Waals surface area contributed by atoms with E-state index in [-0.39, 0.29) is 11.5 Å². The van der Waals surface area contributed by atoms with E-state index in [2.05, 4.69) is 25.8 Å². The topological polar surface area (TPSA) is 112 Å². The van der Waals surface area contributed by atoms with Gasteiger partial charge in [0.15, 0.2) is 15.8 Å². The number of sulfone groups is 1. The highest BCUT2D eigenvalue weighted by molar-refractivity contribution is 7.91. The van der Waals surface area contributed by atoms with Gasteiger partial charge in [0.05, 0.1) is 17.0 Å². The fraction of sp³-hybridized carbons (Fsp3) is 0.895. The molecule has 0 radical (unpaired) electrons. The van der Waals surface area contributed by atoms with Crippen LogP contribution in [0.5, 0.6) is 0 Å². The van der Waals surface area contributed by atoms with Crippen molar-refractivity contribution in [2.24, 2.45) is 4.99 Å². The van der Waals surface area contributed by atoms with E-state index in [9.17, 15) is 13.2 Å². The van der Waals surface area contributed by atoms with E-state index in [1.165, 1.54) is 0 Å². The summed E-state index contributed by atoms with van der Waals surface area (Å²) in [7, 11) is -1.16. The van der Waals surface area contributed by atoms with Crippen molar-refractivity contribution in [2.75, 3.05) is 51.3 Å². The lowest BCUT2D eigenvalue weighted by Crippen LogP contribution is -2.57. The van der Waals surface area contributed by atoms with Crippen LogP contribution in [0, 0.1) is 0 Å². The van der Waals surface area contributed by atoms with E-state index >= 15 is 0 Å². The second-order valence-electron chi connectivity index (χ2n) is 8.46. The smallest absolute Gasteiger partial charge is 0.408 e. The number of hydrogen-bond acceptors (Lipinski definition) is 6. The van der Waals surface area contributed by atoms with Gasteiger partial charge in [-0.3, -0.25) is 9.89 Å². The maximum absolute atomic E-state index is 12.2. The number of amides is 1. The van der Waals surface area contributed by atoms with Gasteiger partial charge >= 0.3 is 6.09 Å². The quantitative estimate of drug-likeness (QED) is 0.386. The lowest BCUT2D eigenvalue weighted by Gasteiger charge is -2.34. The average Bonchev–Trinajstić information content (AvgIpc) is 2.63. The highest BCUT2D eigenvalue weighted by Gasteiger charge is 2.30. The third-order valence-corrected chi connectivity index (χ3v) is 6.70. The van der Waals surface area contributed by atoms with Crippen LogP contribution in [0.2, 0.25) is 0 Å². The predicted octanol–water partition coefficient (Wildman–Crippen LogP) is 0.965. The van der Waals surface area contributed by atoms with Gasteiger partial charge in [0.1, 0.15) is 5.60 Å². The number of guanidine groups is 1. The van der Waals surface area contributed by atoms with E-state index in [1.54, 1.807) is 7.05 Å². The van der Waals surface area contributed by atoms with Gasteiger partial charge in [0, 0.05) is 39.8 Å². The van der Waals surface area contributed by atoms with Crippen molar-refractivity contribution in [2.45, 2.75) is 58.6 Å². The zero-order valence-corrected chi connectivity index (χ0v) is 19.6. The summed E-state index contributed by atoms with van der Waals surface area (Å²) in [5.41, 5.74) is -0.989. The first kappa shape index (κ1) is 25.5. The van der Waals surface area contributed by atoms with Crippen molar-refractivity contribution in [1.82, 2.24) is 20.9 Å². The monoisotopic (exact) mass is 433 g/mol. The summed E-state index contributed by atoms with van der Waals surface area (Å²) in [6, 6.07) is 0. The molecule has 1 heterocycles. The summed E-state index contributed by atoms with van der Waals surface area (Å²) in [5.74, 6) is 1.10. The van der Waals surface area contributed by atoms with Gasteiger partial charge in [-0.15, -0.1) is 0 Å². The normalized spacial score (nSPS) is 18.2. The zero-order chi connectivity index (χ0) is 22.1. The minimum atomic E-state index is -2.86. The minimum absolute atomic E-state index is 0.228. The van der Waals surface area contributed by atoms with E-state index in [0.717, 1.165) is 19.4 Å². The van der Waals surface area contributed by atoms with Gasteiger partial charge in [-0.1, -0.05) is 13.8 Å². The van der Waals surface area contributed by atoms with Gasteiger partial charge in [-0.25, -0.2) is 13.2 Å². The number of ether oxygens (including phenoxy) is 1. The molecule has 0 saturated carbocycles. The molecule has 0 aromatic carbocycles. The van der Waals surface area contributed by atoms with Crippen LogP contribution in [0.25, 0.3) is 0 Å². The molecule has 1 fully saturated rings. The maximum atomic E-state index is 12.2. The van der Waals surface area contributed by atoms with Gasteiger partial charge in [-0.05, 0) is 33.6 Å². The molecule has 10 heteroatoms. The Morgan fingerprint density at radius 3 is 2.17 bits per heavy atom. The Morgan fingerprint density at radius 2 is 1.69 bits per heavy atom. The Morgan fingerprint density at radius 1 is 1.10 bits per heavy atom.